The van der Waals surface area contributed by atoms with Crippen LogP contribution in [0.5, 0.6) is 0 Å². The molecule has 0 radical (unpaired) electrons. The largest absolute Gasteiger partial charge is 0.326 e. The molecule has 0 atom stereocenters. The number of benzene rings is 2. The van der Waals surface area contributed by atoms with E-state index in [4.69, 9.17) is 0 Å². The van der Waals surface area contributed by atoms with Gasteiger partial charge in [0.25, 0.3) is 0 Å². The number of nitrogens with zero attached hydrogens (tertiary/aromatic N) is 1. The van der Waals surface area contributed by atoms with Crippen molar-refractivity contribution in [3.63, 3.8) is 0 Å². The van der Waals surface area contributed by atoms with Gasteiger partial charge >= 0.3 is 0 Å². The summed E-state index contributed by atoms with van der Waals surface area (Å²) >= 11 is 1.79. The van der Waals surface area contributed by atoms with Gasteiger partial charge in [0.05, 0.1) is 5.69 Å². The van der Waals surface area contributed by atoms with Crippen molar-refractivity contribution < 1.29 is 0 Å². The van der Waals surface area contributed by atoms with Gasteiger partial charge in [-0.15, -0.1) is 13.2 Å². The predicted molar refractivity (Wildman–Crippen MR) is 137 cm³/mol. The van der Waals surface area contributed by atoms with E-state index in [1.54, 1.807) is 34.2 Å². The van der Waals surface area contributed by atoms with Crippen LogP contribution in [0.1, 0.15) is 53.5 Å². The summed E-state index contributed by atoms with van der Waals surface area (Å²) in [4.78, 5) is 2.60. The summed E-state index contributed by atoms with van der Waals surface area (Å²) in [7, 11) is 0. The molecule has 0 saturated carbocycles. The minimum absolute atomic E-state index is 0.725. The third-order valence-corrected chi connectivity index (χ3v) is 7.55. The first kappa shape index (κ1) is 22.2. The average Bonchev–Trinajstić information content (AvgIpc) is 3.48. The van der Waals surface area contributed by atoms with E-state index < -0.39 is 0 Å². The molecule has 2 nitrogen and oxygen atoms in total. The molecule has 5 rings (SSSR count). The fourth-order valence-electron chi connectivity index (χ4n) is 5.33. The Labute approximate surface area is 193 Å². The molecule has 0 aromatic heterocycles. The number of aryl methyl sites for hydroxylation is 2. The van der Waals surface area contributed by atoms with E-state index in [0.717, 1.165) is 12.5 Å². The van der Waals surface area contributed by atoms with E-state index in [9.17, 15) is 0 Å². The van der Waals surface area contributed by atoms with Crippen molar-refractivity contribution in [2.45, 2.75) is 57.9 Å². The predicted octanol–water partition coefficient (Wildman–Crippen LogP) is 6.95. The third kappa shape index (κ3) is 5.45. The number of fused-ring (bicyclic) bond motifs is 2. The maximum absolute atomic E-state index is 3.75. The second-order valence-electron chi connectivity index (χ2n) is 8.88. The van der Waals surface area contributed by atoms with Gasteiger partial charge in [0.15, 0.2) is 0 Å². The zero-order chi connectivity index (χ0) is 21.5. The molecule has 0 bridgehead atoms. The lowest BCUT2D eigenvalue weighted by Crippen LogP contribution is -2.32. The van der Waals surface area contributed by atoms with Gasteiger partial charge in [-0.3, -0.25) is 4.90 Å². The van der Waals surface area contributed by atoms with Crippen LogP contribution in [0.25, 0.3) is 0 Å². The van der Waals surface area contributed by atoms with Crippen LogP contribution >= 0.6 is 11.9 Å². The number of hydrogen-bond donors (Lipinski definition) is 1. The number of anilines is 1. The summed E-state index contributed by atoms with van der Waals surface area (Å²) in [6, 6.07) is 13.4. The SMILES string of the molecule is C(=C\C1CCN(Cc2ccccc2)CC1)/SNc1c2c(cc3c1CCC3)CCC2.C=C. The second kappa shape index (κ2) is 11.1. The highest BCUT2D eigenvalue weighted by Crippen LogP contribution is 2.39. The molecule has 2 aliphatic carbocycles. The van der Waals surface area contributed by atoms with E-state index in [-0.39, 0.29) is 0 Å². The molecule has 1 saturated heterocycles. The summed E-state index contributed by atoms with van der Waals surface area (Å²) in [5.74, 6) is 0.725. The van der Waals surface area contributed by atoms with Crippen molar-refractivity contribution in [1.82, 2.24) is 4.90 Å². The molecule has 164 valence electrons. The molecule has 1 fully saturated rings. The van der Waals surface area contributed by atoms with Crippen LogP contribution in [0.2, 0.25) is 0 Å². The van der Waals surface area contributed by atoms with Gasteiger partial charge in [-0.25, -0.2) is 0 Å². The highest BCUT2D eigenvalue weighted by molar-refractivity contribution is 8.03. The van der Waals surface area contributed by atoms with Gasteiger partial charge in [-0.05, 0) is 116 Å². The standard InChI is InChI=1S/C26H32N2S.C2H4/c1-2-6-21(7-3-1)19-28-15-12-20(13-16-28)14-17-29-27-26-24-10-4-8-22(24)18-23-9-5-11-25(23)26;1-2/h1-3,6-7,14,17-18,20,27H,4-5,8-13,15-16,19H2;1-2H2/b17-14+;. The molecule has 1 N–H and O–H groups in total. The fourth-order valence-corrected chi connectivity index (χ4v) is 6.06. The van der Waals surface area contributed by atoms with Crippen molar-refractivity contribution in [2.75, 3.05) is 17.8 Å². The maximum atomic E-state index is 3.75. The number of hydrogen-bond acceptors (Lipinski definition) is 3. The summed E-state index contributed by atoms with van der Waals surface area (Å²) in [6.45, 7) is 9.52. The Bertz CT molecular complexity index is 849. The molecule has 3 aliphatic rings. The second-order valence-corrected chi connectivity index (χ2v) is 9.59. The minimum Gasteiger partial charge on any atom is -0.326 e. The Kier molecular flexibility index (Phi) is 7.93. The van der Waals surface area contributed by atoms with Crippen LogP contribution in [0.4, 0.5) is 5.69 Å². The van der Waals surface area contributed by atoms with Crippen LogP contribution in [0.3, 0.4) is 0 Å². The topological polar surface area (TPSA) is 15.3 Å². The van der Waals surface area contributed by atoms with Crippen molar-refractivity contribution in [1.29, 1.82) is 0 Å². The zero-order valence-electron chi connectivity index (χ0n) is 18.7. The summed E-state index contributed by atoms with van der Waals surface area (Å²) in [5.41, 5.74) is 9.36. The summed E-state index contributed by atoms with van der Waals surface area (Å²) < 4.78 is 3.75. The summed E-state index contributed by atoms with van der Waals surface area (Å²) in [5, 5.41) is 2.31. The van der Waals surface area contributed by atoms with Crippen LogP contribution in [-0.2, 0) is 32.2 Å². The Morgan fingerprint density at radius 3 is 2.23 bits per heavy atom. The molecule has 1 aliphatic heterocycles. The normalized spacial score (nSPS) is 18.5. The third-order valence-electron chi connectivity index (χ3n) is 6.93. The first-order valence-electron chi connectivity index (χ1n) is 11.9. The number of likely N-dealkylation sites (tertiary alicyclic amines) is 1. The molecule has 3 heteroatoms. The lowest BCUT2D eigenvalue weighted by molar-refractivity contribution is 0.196. The van der Waals surface area contributed by atoms with Crippen molar-refractivity contribution in [3.8, 4) is 0 Å². The molecule has 0 amide bonds. The number of allylic oxidation sites excluding steroid dienone is 1. The van der Waals surface area contributed by atoms with E-state index >= 15 is 0 Å². The van der Waals surface area contributed by atoms with Crippen LogP contribution in [0.15, 0.2) is 61.0 Å². The highest BCUT2D eigenvalue weighted by atomic mass is 32.2. The number of rotatable bonds is 6. The lowest BCUT2D eigenvalue weighted by atomic mass is 9.97. The molecule has 1 heterocycles. The van der Waals surface area contributed by atoms with Crippen LogP contribution in [0, 0.1) is 5.92 Å². The van der Waals surface area contributed by atoms with Crippen molar-refractivity contribution >= 4 is 17.6 Å². The van der Waals surface area contributed by atoms with Crippen molar-refractivity contribution in [3.05, 3.63) is 88.9 Å². The first-order chi connectivity index (χ1) is 15.4. The van der Waals surface area contributed by atoms with E-state index in [1.807, 2.05) is 0 Å². The van der Waals surface area contributed by atoms with Gasteiger partial charge in [0.2, 0.25) is 0 Å². The molecule has 2 aromatic carbocycles. The van der Waals surface area contributed by atoms with Gasteiger partial charge in [-0.2, -0.15) is 0 Å². The highest BCUT2D eigenvalue weighted by Gasteiger charge is 2.24. The quantitative estimate of drug-likeness (QED) is 0.393. The Hall–Kier alpha value is -1.97. The monoisotopic (exact) mass is 432 g/mol. The maximum Gasteiger partial charge on any atom is 0.0512 e. The van der Waals surface area contributed by atoms with E-state index in [1.165, 1.54) is 75.7 Å². The zero-order valence-corrected chi connectivity index (χ0v) is 19.6. The van der Waals surface area contributed by atoms with Crippen LogP contribution in [-0.4, -0.2) is 18.0 Å². The summed E-state index contributed by atoms with van der Waals surface area (Å²) in [6.07, 6.45) is 12.7. The molecule has 31 heavy (non-hydrogen) atoms. The van der Waals surface area contributed by atoms with E-state index in [2.05, 4.69) is 70.7 Å². The van der Waals surface area contributed by atoms with Gasteiger partial charge in [0, 0.05) is 6.54 Å². The van der Waals surface area contributed by atoms with Crippen LogP contribution < -0.4 is 4.72 Å². The first-order valence-corrected chi connectivity index (χ1v) is 12.8. The molecule has 2 aromatic rings. The van der Waals surface area contributed by atoms with E-state index in [0.29, 0.717) is 0 Å². The van der Waals surface area contributed by atoms with Gasteiger partial charge in [-0.1, -0.05) is 42.5 Å². The fraction of sp³-hybridized carbons (Fsp3) is 0.429. The van der Waals surface area contributed by atoms with Gasteiger partial charge in [0.1, 0.15) is 0 Å². The Morgan fingerprint density at radius 2 is 1.58 bits per heavy atom. The molecule has 0 unspecified atom stereocenters. The van der Waals surface area contributed by atoms with Crippen molar-refractivity contribution in [2.24, 2.45) is 5.92 Å². The Morgan fingerprint density at radius 1 is 0.935 bits per heavy atom. The smallest absolute Gasteiger partial charge is 0.0512 e. The average molecular weight is 433 g/mol. The minimum atomic E-state index is 0.725. The van der Waals surface area contributed by atoms with Gasteiger partial charge < -0.3 is 4.72 Å². The molecule has 0 spiro atoms. The number of nitrogens with one attached hydrogen (secondary N) is 1. The molecular weight excluding hydrogens is 396 g/mol. The number of piperidine rings is 1. The Balaban J connectivity index is 0.00000112. The molecular formula is C28H36N2S. The lowest BCUT2D eigenvalue weighted by Gasteiger charge is -2.30.